The summed E-state index contributed by atoms with van der Waals surface area (Å²) >= 11 is 0. The van der Waals surface area contributed by atoms with Crippen molar-refractivity contribution in [2.75, 3.05) is 19.6 Å². The highest BCUT2D eigenvalue weighted by atomic mass is 35.5. The Balaban J connectivity index is 0.00000196. The van der Waals surface area contributed by atoms with E-state index in [9.17, 15) is 4.79 Å². The highest BCUT2D eigenvalue weighted by Crippen LogP contribution is 2.28. The van der Waals surface area contributed by atoms with E-state index in [0.717, 1.165) is 48.4 Å². The van der Waals surface area contributed by atoms with Crippen molar-refractivity contribution in [3.63, 3.8) is 0 Å². The van der Waals surface area contributed by atoms with Gasteiger partial charge in [0.15, 0.2) is 0 Å². The molecule has 2 aliphatic rings. The summed E-state index contributed by atoms with van der Waals surface area (Å²) in [6.07, 6.45) is 7.12. The summed E-state index contributed by atoms with van der Waals surface area (Å²) in [7, 11) is 0. The predicted octanol–water partition coefficient (Wildman–Crippen LogP) is 4.00. The van der Waals surface area contributed by atoms with Gasteiger partial charge in [-0.05, 0) is 75.3 Å². The number of nitrogens with one attached hydrogen (secondary N) is 1. The van der Waals surface area contributed by atoms with E-state index >= 15 is 0 Å². The molecule has 2 heterocycles. The number of halogens is 1. The molecular formula is C21H29ClN2O2. The van der Waals surface area contributed by atoms with Gasteiger partial charge in [0.25, 0.3) is 0 Å². The van der Waals surface area contributed by atoms with Gasteiger partial charge >= 0.3 is 0 Å². The van der Waals surface area contributed by atoms with Crippen LogP contribution in [0.4, 0.5) is 0 Å². The molecule has 0 radical (unpaired) electrons. The third kappa shape index (κ3) is 4.24. The monoisotopic (exact) mass is 376 g/mol. The number of amides is 1. The van der Waals surface area contributed by atoms with Gasteiger partial charge in [-0.2, -0.15) is 0 Å². The zero-order chi connectivity index (χ0) is 17.4. The molecule has 2 aromatic rings. The van der Waals surface area contributed by atoms with Crippen molar-refractivity contribution < 1.29 is 9.21 Å². The van der Waals surface area contributed by atoms with Crippen LogP contribution in [0, 0.1) is 19.8 Å². The molecular weight excluding hydrogens is 348 g/mol. The summed E-state index contributed by atoms with van der Waals surface area (Å²) in [5.74, 6) is 1.14. The first-order valence-corrected chi connectivity index (χ1v) is 9.58. The lowest BCUT2D eigenvalue weighted by Gasteiger charge is -2.32. The van der Waals surface area contributed by atoms with Crippen molar-refractivity contribution in [3.8, 4) is 0 Å². The number of nitrogens with zero attached hydrogens (tertiary/aromatic N) is 1. The van der Waals surface area contributed by atoms with E-state index in [-0.39, 0.29) is 18.3 Å². The molecule has 1 amide bonds. The minimum absolute atomic E-state index is 0. The molecule has 1 aliphatic carbocycles. The molecule has 142 valence electrons. The Labute approximate surface area is 161 Å². The van der Waals surface area contributed by atoms with E-state index in [2.05, 4.69) is 31.3 Å². The number of benzene rings is 1. The highest BCUT2D eigenvalue weighted by Gasteiger charge is 2.26. The lowest BCUT2D eigenvalue weighted by molar-refractivity contribution is -0.131. The quantitative estimate of drug-likeness (QED) is 0.857. The topological polar surface area (TPSA) is 45.5 Å². The van der Waals surface area contributed by atoms with Crippen LogP contribution >= 0.6 is 12.4 Å². The van der Waals surface area contributed by atoms with Crippen molar-refractivity contribution in [2.45, 2.75) is 52.0 Å². The lowest BCUT2D eigenvalue weighted by atomic mass is 10.0. The molecule has 4 rings (SSSR count). The summed E-state index contributed by atoms with van der Waals surface area (Å²) in [6, 6.07) is 4.80. The number of furan rings is 1. The molecule has 1 saturated heterocycles. The number of rotatable bonds is 5. The molecule has 26 heavy (non-hydrogen) atoms. The highest BCUT2D eigenvalue weighted by molar-refractivity contribution is 5.88. The van der Waals surface area contributed by atoms with Crippen LogP contribution in [-0.4, -0.2) is 36.5 Å². The van der Waals surface area contributed by atoms with Crippen molar-refractivity contribution in [1.29, 1.82) is 0 Å². The predicted molar refractivity (Wildman–Crippen MR) is 107 cm³/mol. The minimum atomic E-state index is 0. The maximum absolute atomic E-state index is 12.7. The van der Waals surface area contributed by atoms with Gasteiger partial charge in [-0.15, -0.1) is 12.4 Å². The molecule has 0 spiro atoms. The average molecular weight is 377 g/mol. The average Bonchev–Trinajstić information content (AvgIpc) is 3.37. The molecule has 1 aromatic heterocycles. The SMILES string of the molecule is Cc1cc2occ(CC(=O)N3CCC(NCC4CC4)CC3)c2cc1C.Cl. The number of carbonyl (C=O) groups is 1. The summed E-state index contributed by atoms with van der Waals surface area (Å²) in [4.78, 5) is 14.7. The van der Waals surface area contributed by atoms with Crippen LogP contribution in [-0.2, 0) is 11.2 Å². The van der Waals surface area contributed by atoms with Gasteiger partial charge in [-0.25, -0.2) is 0 Å². The van der Waals surface area contributed by atoms with E-state index in [1.807, 2.05) is 4.90 Å². The van der Waals surface area contributed by atoms with Gasteiger partial charge in [0, 0.05) is 30.1 Å². The first-order valence-electron chi connectivity index (χ1n) is 9.58. The number of carbonyl (C=O) groups excluding carboxylic acids is 1. The van der Waals surface area contributed by atoms with Gasteiger partial charge in [-0.1, -0.05) is 0 Å². The minimum Gasteiger partial charge on any atom is -0.464 e. The Kier molecular flexibility index (Phi) is 5.93. The Morgan fingerprint density at radius 3 is 2.54 bits per heavy atom. The Morgan fingerprint density at radius 2 is 1.85 bits per heavy atom. The number of aryl methyl sites for hydroxylation is 2. The Hall–Kier alpha value is -1.52. The second kappa shape index (κ2) is 8.01. The largest absolute Gasteiger partial charge is 0.464 e. The van der Waals surface area contributed by atoms with Gasteiger partial charge in [0.2, 0.25) is 5.91 Å². The maximum atomic E-state index is 12.7. The van der Waals surface area contributed by atoms with Crippen LogP contribution in [0.5, 0.6) is 0 Å². The maximum Gasteiger partial charge on any atom is 0.227 e. The van der Waals surface area contributed by atoms with Crippen LogP contribution in [0.3, 0.4) is 0 Å². The molecule has 1 aliphatic heterocycles. The van der Waals surface area contributed by atoms with E-state index in [1.54, 1.807) is 6.26 Å². The van der Waals surface area contributed by atoms with E-state index in [1.165, 1.54) is 30.5 Å². The van der Waals surface area contributed by atoms with Crippen molar-refractivity contribution >= 4 is 29.3 Å². The molecule has 1 aromatic carbocycles. The van der Waals surface area contributed by atoms with Crippen LogP contribution in [0.25, 0.3) is 11.0 Å². The lowest BCUT2D eigenvalue weighted by Crippen LogP contribution is -2.45. The molecule has 1 N–H and O–H groups in total. The number of likely N-dealkylation sites (tertiary alicyclic amines) is 1. The molecule has 0 bridgehead atoms. The second-order valence-corrected chi connectivity index (χ2v) is 7.88. The number of fused-ring (bicyclic) bond motifs is 1. The second-order valence-electron chi connectivity index (χ2n) is 7.88. The summed E-state index contributed by atoms with van der Waals surface area (Å²) in [5.41, 5.74) is 4.36. The molecule has 2 fully saturated rings. The molecule has 1 saturated carbocycles. The summed E-state index contributed by atoms with van der Waals surface area (Å²) in [5, 5.41) is 4.75. The number of hydrogen-bond donors (Lipinski definition) is 1. The van der Waals surface area contributed by atoms with E-state index < -0.39 is 0 Å². The summed E-state index contributed by atoms with van der Waals surface area (Å²) < 4.78 is 5.67. The van der Waals surface area contributed by atoms with Crippen LogP contribution in [0.2, 0.25) is 0 Å². The zero-order valence-electron chi connectivity index (χ0n) is 15.7. The normalized spacial score (nSPS) is 18.2. The Morgan fingerprint density at radius 1 is 1.15 bits per heavy atom. The Bertz CT molecular complexity index is 774. The fourth-order valence-electron chi connectivity index (χ4n) is 3.74. The van der Waals surface area contributed by atoms with Gasteiger partial charge < -0.3 is 14.6 Å². The third-order valence-electron chi connectivity index (χ3n) is 5.85. The number of hydrogen-bond acceptors (Lipinski definition) is 3. The molecule has 5 heteroatoms. The first kappa shape index (κ1) is 19.2. The fourth-order valence-corrected chi connectivity index (χ4v) is 3.74. The first-order chi connectivity index (χ1) is 12.1. The van der Waals surface area contributed by atoms with Gasteiger partial charge in [-0.3, -0.25) is 4.79 Å². The molecule has 4 nitrogen and oxygen atoms in total. The van der Waals surface area contributed by atoms with Crippen LogP contribution in [0.15, 0.2) is 22.8 Å². The van der Waals surface area contributed by atoms with Crippen LogP contribution < -0.4 is 5.32 Å². The molecule has 0 unspecified atom stereocenters. The van der Waals surface area contributed by atoms with Gasteiger partial charge in [0.05, 0.1) is 12.7 Å². The van der Waals surface area contributed by atoms with Crippen LogP contribution in [0.1, 0.15) is 42.4 Å². The van der Waals surface area contributed by atoms with E-state index in [0.29, 0.717) is 12.5 Å². The summed E-state index contributed by atoms with van der Waals surface area (Å²) in [6.45, 7) is 7.10. The standard InChI is InChI=1S/C21H28N2O2.ClH/c1-14-9-19-17(13-25-20(19)10-15(14)2)11-21(24)23-7-5-18(6-8-23)22-12-16-3-4-16;/h9-10,13,16,18,22H,3-8,11-12H2,1-2H3;1H. The number of piperidine rings is 1. The smallest absolute Gasteiger partial charge is 0.227 e. The van der Waals surface area contributed by atoms with Crippen molar-refractivity contribution in [2.24, 2.45) is 5.92 Å². The fraction of sp³-hybridized carbons (Fsp3) is 0.571. The molecule has 0 atom stereocenters. The zero-order valence-corrected chi connectivity index (χ0v) is 16.5. The third-order valence-corrected chi connectivity index (χ3v) is 5.85. The van der Waals surface area contributed by atoms with Gasteiger partial charge in [0.1, 0.15) is 5.58 Å². The van der Waals surface area contributed by atoms with Crippen molar-refractivity contribution in [1.82, 2.24) is 10.2 Å². The van der Waals surface area contributed by atoms with Crippen molar-refractivity contribution in [3.05, 3.63) is 35.1 Å². The van der Waals surface area contributed by atoms with E-state index in [4.69, 9.17) is 4.42 Å².